The molecule has 0 saturated carbocycles. The number of halogens is 1. The largest absolute Gasteiger partial charge is 0.377 e. The predicted octanol–water partition coefficient (Wildman–Crippen LogP) is 1.18. The summed E-state index contributed by atoms with van der Waals surface area (Å²) >= 11 is 0. The molecule has 0 spiro atoms. The fourth-order valence-corrected chi connectivity index (χ4v) is 0.344. The molecule has 9 heavy (non-hydrogen) atoms. The van der Waals surface area contributed by atoms with Crippen molar-refractivity contribution >= 4 is 12.4 Å². The van der Waals surface area contributed by atoms with Gasteiger partial charge in [0, 0.05) is 6.04 Å². The van der Waals surface area contributed by atoms with Crippen LogP contribution in [0.3, 0.4) is 0 Å². The number of hydrogen-bond donors (Lipinski definition) is 1. The van der Waals surface area contributed by atoms with Gasteiger partial charge in [-0.2, -0.15) is 0 Å². The second-order valence-corrected chi connectivity index (χ2v) is 2.36. The highest BCUT2D eigenvalue weighted by atomic mass is 35.5. The Hall–Kier alpha value is 0.210. The lowest BCUT2D eigenvalue weighted by atomic mass is 10.4. The molecule has 0 aliphatic heterocycles. The normalized spacial score (nSPS) is 13.0. The van der Waals surface area contributed by atoms with Crippen molar-refractivity contribution in [3.05, 3.63) is 0 Å². The van der Waals surface area contributed by atoms with Gasteiger partial charge in [-0.3, -0.25) is 0 Å². The summed E-state index contributed by atoms with van der Waals surface area (Å²) in [6.07, 6.45) is 0.306. The molecule has 3 heteroatoms. The molecule has 1 unspecified atom stereocenters. The number of ether oxygens (including phenoxy) is 1. The molecule has 0 heterocycles. The van der Waals surface area contributed by atoms with Crippen LogP contribution in [0.4, 0.5) is 0 Å². The molecule has 58 valence electrons. The summed E-state index contributed by atoms with van der Waals surface area (Å²) in [5.41, 5.74) is 5.42. The fraction of sp³-hybridized carbons (Fsp3) is 1.00. The first-order valence-corrected chi connectivity index (χ1v) is 3.00. The van der Waals surface area contributed by atoms with Gasteiger partial charge in [0.15, 0.2) is 0 Å². The first-order valence-electron chi connectivity index (χ1n) is 3.00. The molecule has 0 rings (SSSR count). The minimum absolute atomic E-state index is 0. The highest BCUT2D eigenvalue weighted by Gasteiger charge is 1.94. The van der Waals surface area contributed by atoms with E-state index in [2.05, 4.69) is 0 Å². The Morgan fingerprint density at radius 1 is 1.33 bits per heavy atom. The molecule has 1 atom stereocenters. The average molecular weight is 154 g/mol. The van der Waals surface area contributed by atoms with Gasteiger partial charge in [0.2, 0.25) is 0 Å². The molecule has 0 aromatic carbocycles. The minimum Gasteiger partial charge on any atom is -0.377 e. The molecular weight excluding hydrogens is 138 g/mol. The van der Waals surface area contributed by atoms with Crippen LogP contribution in [0.25, 0.3) is 0 Å². The fourth-order valence-electron chi connectivity index (χ4n) is 0.344. The number of rotatable bonds is 3. The topological polar surface area (TPSA) is 35.2 Å². The predicted molar refractivity (Wildman–Crippen MR) is 42.0 cm³/mol. The van der Waals surface area contributed by atoms with E-state index in [4.69, 9.17) is 10.5 Å². The zero-order valence-corrected chi connectivity index (χ0v) is 7.07. The highest BCUT2D eigenvalue weighted by Crippen LogP contribution is 1.87. The quantitative estimate of drug-likeness (QED) is 0.661. The smallest absolute Gasteiger partial charge is 0.0618 e. The van der Waals surface area contributed by atoms with Gasteiger partial charge in [0.1, 0.15) is 0 Å². The maximum atomic E-state index is 5.42. The summed E-state index contributed by atoms with van der Waals surface area (Å²) in [5.74, 6) is 0. The maximum absolute atomic E-state index is 5.42. The lowest BCUT2D eigenvalue weighted by Crippen LogP contribution is -2.23. The van der Waals surface area contributed by atoms with E-state index < -0.39 is 0 Å². The Morgan fingerprint density at radius 3 is 1.89 bits per heavy atom. The van der Waals surface area contributed by atoms with E-state index in [0.29, 0.717) is 12.7 Å². The van der Waals surface area contributed by atoms with Gasteiger partial charge in [-0.25, -0.2) is 0 Å². The first kappa shape index (κ1) is 11.9. The van der Waals surface area contributed by atoms with Crippen molar-refractivity contribution in [2.75, 3.05) is 6.61 Å². The van der Waals surface area contributed by atoms with Crippen LogP contribution >= 0.6 is 12.4 Å². The lowest BCUT2D eigenvalue weighted by Gasteiger charge is -2.08. The van der Waals surface area contributed by atoms with Crippen LogP contribution in [0.5, 0.6) is 0 Å². The van der Waals surface area contributed by atoms with Crippen molar-refractivity contribution in [2.24, 2.45) is 5.73 Å². The SMILES string of the molecule is CC(N)COC(C)C.Cl. The summed E-state index contributed by atoms with van der Waals surface area (Å²) in [4.78, 5) is 0. The van der Waals surface area contributed by atoms with Crippen LogP contribution in [-0.2, 0) is 4.74 Å². The minimum atomic E-state index is 0. The van der Waals surface area contributed by atoms with Gasteiger partial charge in [-0.1, -0.05) is 0 Å². The summed E-state index contributed by atoms with van der Waals surface area (Å²) in [6.45, 7) is 6.60. The maximum Gasteiger partial charge on any atom is 0.0618 e. The Labute approximate surface area is 63.2 Å². The van der Waals surface area contributed by atoms with Gasteiger partial charge in [0.25, 0.3) is 0 Å². The van der Waals surface area contributed by atoms with Crippen molar-refractivity contribution in [1.82, 2.24) is 0 Å². The third-order valence-corrected chi connectivity index (χ3v) is 0.692. The van der Waals surface area contributed by atoms with Gasteiger partial charge < -0.3 is 10.5 Å². The summed E-state index contributed by atoms with van der Waals surface area (Å²) in [7, 11) is 0. The Kier molecular flexibility index (Phi) is 8.40. The third kappa shape index (κ3) is 11.7. The summed E-state index contributed by atoms with van der Waals surface area (Å²) in [5, 5.41) is 0. The van der Waals surface area contributed by atoms with Gasteiger partial charge >= 0.3 is 0 Å². The molecule has 2 N–H and O–H groups in total. The molecule has 0 radical (unpaired) electrons. The third-order valence-electron chi connectivity index (χ3n) is 0.692. The molecule has 0 aliphatic rings. The molecule has 0 fully saturated rings. The first-order chi connectivity index (χ1) is 3.63. The van der Waals surface area contributed by atoms with E-state index >= 15 is 0 Å². The standard InChI is InChI=1S/C6H15NO.ClH/c1-5(2)8-4-6(3)7;/h5-6H,4,7H2,1-3H3;1H. The van der Waals surface area contributed by atoms with Crippen molar-refractivity contribution < 1.29 is 4.74 Å². The van der Waals surface area contributed by atoms with Crippen LogP contribution in [0.1, 0.15) is 20.8 Å². The molecule has 0 aromatic heterocycles. The van der Waals surface area contributed by atoms with Gasteiger partial charge in [-0.15, -0.1) is 12.4 Å². The monoisotopic (exact) mass is 153 g/mol. The van der Waals surface area contributed by atoms with Crippen molar-refractivity contribution in [3.63, 3.8) is 0 Å². The number of hydrogen-bond acceptors (Lipinski definition) is 2. The summed E-state index contributed by atoms with van der Waals surface area (Å²) in [6, 6.07) is 0.164. The van der Waals surface area contributed by atoms with Gasteiger partial charge in [0.05, 0.1) is 12.7 Å². The highest BCUT2D eigenvalue weighted by molar-refractivity contribution is 5.85. The van der Waals surface area contributed by atoms with Crippen LogP contribution < -0.4 is 5.73 Å². The second-order valence-electron chi connectivity index (χ2n) is 2.36. The zero-order chi connectivity index (χ0) is 6.57. The Balaban J connectivity index is 0. The molecule has 2 nitrogen and oxygen atoms in total. The van der Waals surface area contributed by atoms with Crippen LogP contribution in [0.2, 0.25) is 0 Å². The zero-order valence-electron chi connectivity index (χ0n) is 6.26. The summed E-state index contributed by atoms with van der Waals surface area (Å²) < 4.78 is 5.18. The molecule has 0 aromatic rings. The lowest BCUT2D eigenvalue weighted by molar-refractivity contribution is 0.0712. The van der Waals surface area contributed by atoms with E-state index in [1.54, 1.807) is 0 Å². The molecular formula is C6H16ClNO. The number of nitrogens with two attached hydrogens (primary N) is 1. The molecule has 0 bridgehead atoms. The Morgan fingerprint density at radius 2 is 1.78 bits per heavy atom. The second kappa shape index (κ2) is 6.33. The van der Waals surface area contributed by atoms with E-state index in [1.807, 2.05) is 20.8 Å². The molecule has 0 amide bonds. The van der Waals surface area contributed by atoms with E-state index in [-0.39, 0.29) is 18.4 Å². The van der Waals surface area contributed by atoms with Crippen molar-refractivity contribution in [2.45, 2.75) is 32.9 Å². The van der Waals surface area contributed by atoms with Gasteiger partial charge in [-0.05, 0) is 20.8 Å². The Bertz CT molecular complexity index is 49.0. The molecule has 0 saturated heterocycles. The van der Waals surface area contributed by atoms with E-state index in [9.17, 15) is 0 Å². The van der Waals surface area contributed by atoms with Crippen LogP contribution in [0.15, 0.2) is 0 Å². The van der Waals surface area contributed by atoms with Crippen molar-refractivity contribution in [1.29, 1.82) is 0 Å². The van der Waals surface area contributed by atoms with Crippen LogP contribution in [0, 0.1) is 0 Å². The average Bonchev–Trinajstić information content (AvgIpc) is 1.61. The van der Waals surface area contributed by atoms with Crippen molar-refractivity contribution in [3.8, 4) is 0 Å². The molecule has 0 aliphatic carbocycles. The van der Waals surface area contributed by atoms with E-state index in [1.165, 1.54) is 0 Å². The van der Waals surface area contributed by atoms with Crippen LogP contribution in [-0.4, -0.2) is 18.8 Å². The van der Waals surface area contributed by atoms with E-state index in [0.717, 1.165) is 0 Å².